The van der Waals surface area contributed by atoms with Gasteiger partial charge in [-0.2, -0.15) is 4.31 Å². The highest BCUT2D eigenvalue weighted by molar-refractivity contribution is 7.88. The van der Waals surface area contributed by atoms with Crippen LogP contribution >= 0.6 is 11.6 Å². The molecule has 1 amide bonds. The molecule has 1 atom stereocenters. The second kappa shape index (κ2) is 8.09. The topological polar surface area (TPSA) is 117 Å². The molecule has 0 aliphatic carbocycles. The van der Waals surface area contributed by atoms with E-state index in [1.807, 2.05) is 0 Å². The summed E-state index contributed by atoms with van der Waals surface area (Å²) in [5, 5.41) is 9.27. The Hall–Kier alpha value is -1.75. The molecule has 0 spiro atoms. The van der Waals surface area contributed by atoms with Gasteiger partial charge >= 0.3 is 5.97 Å². The SMILES string of the molecule is CS(=O)(=O)N(CC(=O)O)CC1CN(C(=O)c2ccc(Cl)cn2)CCO1. The van der Waals surface area contributed by atoms with Gasteiger partial charge < -0.3 is 14.7 Å². The molecule has 1 aliphatic heterocycles. The molecule has 1 aliphatic rings. The van der Waals surface area contributed by atoms with Crippen LogP contribution in [0.2, 0.25) is 5.02 Å². The molecule has 25 heavy (non-hydrogen) atoms. The Morgan fingerprint density at radius 1 is 1.48 bits per heavy atom. The number of hydrogen-bond acceptors (Lipinski definition) is 6. The van der Waals surface area contributed by atoms with Crippen molar-refractivity contribution in [3.63, 3.8) is 0 Å². The van der Waals surface area contributed by atoms with E-state index in [1.54, 1.807) is 6.07 Å². The molecular formula is C14H18ClN3O6S. The van der Waals surface area contributed by atoms with Gasteiger partial charge in [-0.1, -0.05) is 11.6 Å². The van der Waals surface area contributed by atoms with Gasteiger partial charge in [0.2, 0.25) is 10.0 Å². The number of morpholine rings is 1. The molecule has 138 valence electrons. The van der Waals surface area contributed by atoms with E-state index < -0.39 is 28.6 Å². The van der Waals surface area contributed by atoms with Gasteiger partial charge in [0.15, 0.2) is 0 Å². The third kappa shape index (κ3) is 5.63. The number of amides is 1. The molecule has 1 unspecified atom stereocenters. The Morgan fingerprint density at radius 3 is 2.76 bits per heavy atom. The zero-order valence-corrected chi connectivity index (χ0v) is 15.0. The molecule has 1 aromatic heterocycles. The number of pyridine rings is 1. The van der Waals surface area contributed by atoms with Crippen molar-refractivity contribution < 1.29 is 27.9 Å². The van der Waals surface area contributed by atoms with E-state index in [4.69, 9.17) is 21.4 Å². The van der Waals surface area contributed by atoms with Gasteiger partial charge in [-0.15, -0.1) is 0 Å². The Labute approximate surface area is 150 Å². The Kier molecular flexibility index (Phi) is 6.33. The van der Waals surface area contributed by atoms with Crippen LogP contribution in [0.1, 0.15) is 10.5 Å². The highest BCUT2D eigenvalue weighted by Gasteiger charge is 2.30. The van der Waals surface area contributed by atoms with Crippen molar-refractivity contribution in [3.8, 4) is 0 Å². The second-order valence-corrected chi connectivity index (χ2v) is 7.97. The van der Waals surface area contributed by atoms with Crippen molar-refractivity contribution in [3.05, 3.63) is 29.0 Å². The molecule has 1 fully saturated rings. The Bertz CT molecular complexity index is 739. The van der Waals surface area contributed by atoms with Gasteiger partial charge in [0, 0.05) is 25.8 Å². The number of carbonyl (C=O) groups excluding carboxylic acids is 1. The maximum Gasteiger partial charge on any atom is 0.318 e. The molecule has 1 N–H and O–H groups in total. The molecule has 9 nitrogen and oxygen atoms in total. The molecule has 0 bridgehead atoms. The van der Waals surface area contributed by atoms with E-state index >= 15 is 0 Å². The minimum Gasteiger partial charge on any atom is -0.480 e. The average molecular weight is 392 g/mol. The zero-order valence-electron chi connectivity index (χ0n) is 13.5. The minimum atomic E-state index is -3.71. The number of nitrogens with zero attached hydrogens (tertiary/aromatic N) is 3. The molecular weight excluding hydrogens is 374 g/mol. The van der Waals surface area contributed by atoms with E-state index in [-0.39, 0.29) is 31.3 Å². The molecule has 0 radical (unpaired) electrons. The number of halogens is 1. The van der Waals surface area contributed by atoms with Crippen molar-refractivity contribution in [2.75, 3.05) is 39.0 Å². The van der Waals surface area contributed by atoms with Gasteiger partial charge in [-0.05, 0) is 12.1 Å². The molecule has 0 aromatic carbocycles. The van der Waals surface area contributed by atoms with Crippen LogP contribution in [-0.4, -0.2) is 84.7 Å². The van der Waals surface area contributed by atoms with Gasteiger partial charge in [-0.25, -0.2) is 13.4 Å². The van der Waals surface area contributed by atoms with Crippen molar-refractivity contribution in [2.45, 2.75) is 6.10 Å². The van der Waals surface area contributed by atoms with Crippen LogP contribution in [0.25, 0.3) is 0 Å². The number of rotatable bonds is 6. The van der Waals surface area contributed by atoms with Crippen LogP contribution in [0.5, 0.6) is 0 Å². The van der Waals surface area contributed by atoms with Crippen LogP contribution in [-0.2, 0) is 19.6 Å². The second-order valence-electron chi connectivity index (χ2n) is 5.55. The number of carbonyl (C=O) groups is 2. The molecule has 11 heteroatoms. The predicted octanol–water partition coefficient (Wildman–Crippen LogP) is -0.0778. The number of aliphatic carboxylic acids is 1. The van der Waals surface area contributed by atoms with E-state index in [0.717, 1.165) is 10.6 Å². The molecule has 1 saturated heterocycles. The van der Waals surface area contributed by atoms with Crippen molar-refractivity contribution in [2.24, 2.45) is 0 Å². The summed E-state index contributed by atoms with van der Waals surface area (Å²) < 4.78 is 29.7. The van der Waals surface area contributed by atoms with E-state index in [1.165, 1.54) is 17.2 Å². The quantitative estimate of drug-likeness (QED) is 0.720. The standard InChI is InChI=1S/C14H18ClN3O6S/c1-25(22,23)18(9-13(19)20)8-11-7-17(4-5-24-11)14(21)12-3-2-10(15)6-16-12/h2-3,6,11H,4-5,7-9H2,1H3,(H,19,20). The van der Waals surface area contributed by atoms with Crippen molar-refractivity contribution in [1.29, 1.82) is 0 Å². The van der Waals surface area contributed by atoms with Gasteiger partial charge in [0.1, 0.15) is 12.2 Å². The van der Waals surface area contributed by atoms with Crippen LogP contribution in [0.4, 0.5) is 0 Å². The summed E-state index contributed by atoms with van der Waals surface area (Å²) in [5.74, 6) is -1.59. The normalized spacial score (nSPS) is 18.4. The molecule has 0 saturated carbocycles. The number of sulfonamides is 1. The molecule has 2 rings (SSSR count). The van der Waals surface area contributed by atoms with Gasteiger partial charge in [0.05, 0.1) is 24.0 Å². The van der Waals surface area contributed by atoms with E-state index in [9.17, 15) is 18.0 Å². The van der Waals surface area contributed by atoms with Crippen molar-refractivity contribution in [1.82, 2.24) is 14.2 Å². The monoisotopic (exact) mass is 391 g/mol. The first kappa shape index (κ1) is 19.6. The highest BCUT2D eigenvalue weighted by atomic mass is 35.5. The summed E-state index contributed by atoms with van der Waals surface area (Å²) in [4.78, 5) is 28.8. The number of carboxylic acid groups (broad SMARTS) is 1. The number of carboxylic acids is 1. The van der Waals surface area contributed by atoms with E-state index in [2.05, 4.69) is 4.98 Å². The lowest BCUT2D eigenvalue weighted by Gasteiger charge is -2.34. The van der Waals surface area contributed by atoms with E-state index in [0.29, 0.717) is 11.6 Å². The highest BCUT2D eigenvalue weighted by Crippen LogP contribution is 2.13. The Morgan fingerprint density at radius 2 is 2.20 bits per heavy atom. The lowest BCUT2D eigenvalue weighted by molar-refractivity contribution is -0.137. The maximum absolute atomic E-state index is 12.5. The van der Waals surface area contributed by atoms with Crippen molar-refractivity contribution >= 4 is 33.5 Å². The fraction of sp³-hybridized carbons (Fsp3) is 0.500. The molecule has 2 heterocycles. The summed E-state index contributed by atoms with van der Waals surface area (Å²) >= 11 is 5.75. The number of hydrogen-bond donors (Lipinski definition) is 1. The van der Waals surface area contributed by atoms with Gasteiger partial charge in [-0.3, -0.25) is 9.59 Å². The fourth-order valence-electron chi connectivity index (χ4n) is 2.37. The largest absolute Gasteiger partial charge is 0.480 e. The summed E-state index contributed by atoms with van der Waals surface area (Å²) in [6.45, 7) is -0.130. The summed E-state index contributed by atoms with van der Waals surface area (Å²) in [6, 6.07) is 3.06. The third-order valence-corrected chi connectivity index (χ3v) is 5.00. The fourth-order valence-corrected chi connectivity index (χ4v) is 3.27. The lowest BCUT2D eigenvalue weighted by atomic mass is 10.2. The summed E-state index contributed by atoms with van der Waals surface area (Å²) in [6.07, 6.45) is 1.67. The van der Waals surface area contributed by atoms with Crippen LogP contribution < -0.4 is 0 Å². The van der Waals surface area contributed by atoms with Crippen LogP contribution in [0.15, 0.2) is 18.3 Å². The van der Waals surface area contributed by atoms with Crippen LogP contribution in [0, 0.1) is 0 Å². The molecule has 1 aromatic rings. The predicted molar refractivity (Wildman–Crippen MR) is 88.9 cm³/mol. The first-order valence-electron chi connectivity index (χ1n) is 7.36. The third-order valence-electron chi connectivity index (χ3n) is 3.56. The number of aromatic nitrogens is 1. The lowest BCUT2D eigenvalue weighted by Crippen LogP contribution is -2.51. The first-order chi connectivity index (χ1) is 11.7. The van der Waals surface area contributed by atoms with Crippen LogP contribution in [0.3, 0.4) is 0 Å². The number of ether oxygens (including phenoxy) is 1. The summed E-state index contributed by atoms with van der Waals surface area (Å²) in [7, 11) is -3.71. The summed E-state index contributed by atoms with van der Waals surface area (Å²) in [5.41, 5.74) is 0.218. The van der Waals surface area contributed by atoms with Gasteiger partial charge in [0.25, 0.3) is 5.91 Å². The zero-order chi connectivity index (χ0) is 18.6. The minimum absolute atomic E-state index is 0.134. The maximum atomic E-state index is 12.5. The smallest absolute Gasteiger partial charge is 0.318 e. The first-order valence-corrected chi connectivity index (χ1v) is 9.59. The average Bonchev–Trinajstić information content (AvgIpc) is 2.53. The Balaban J connectivity index is 2.05.